The van der Waals surface area contributed by atoms with E-state index >= 15 is 0 Å². The van der Waals surface area contributed by atoms with Crippen molar-refractivity contribution in [2.75, 3.05) is 32.9 Å². The minimum absolute atomic E-state index is 0. The minimum Gasteiger partial charge on any atom is -0.356 e. The van der Waals surface area contributed by atoms with E-state index in [0.717, 1.165) is 12.8 Å². The molecule has 0 aromatic heterocycles. The monoisotopic (exact) mass is 526 g/mol. The smallest absolute Gasteiger partial charge is 0.356 e. The van der Waals surface area contributed by atoms with Gasteiger partial charge in [0.2, 0.25) is 10.0 Å². The molecule has 1 heterocycles. The molecular weight excluding hydrogens is 496 g/mol. The van der Waals surface area contributed by atoms with Crippen molar-refractivity contribution in [3.8, 4) is 0 Å². The fraction of sp³-hybridized carbons (Fsp3) is 0.938. The van der Waals surface area contributed by atoms with Gasteiger partial charge in [0, 0.05) is 32.7 Å². The van der Waals surface area contributed by atoms with Gasteiger partial charge in [-0.25, -0.2) is 12.7 Å². The average Bonchev–Trinajstić information content (AvgIpc) is 2.58. The Kier molecular flexibility index (Phi) is 9.59. The highest BCUT2D eigenvalue weighted by molar-refractivity contribution is 14.0. The lowest BCUT2D eigenvalue weighted by atomic mass is 9.85. The molecule has 0 aromatic carbocycles. The number of guanidine groups is 1. The van der Waals surface area contributed by atoms with E-state index in [1.54, 1.807) is 7.05 Å². The number of nitrogens with zero attached hydrogens (tertiary/aromatic N) is 2. The molecule has 2 rings (SSSR count). The first kappa shape index (κ1) is 24.7. The maximum Gasteiger partial charge on any atom is 0.391 e. The summed E-state index contributed by atoms with van der Waals surface area (Å²) in [7, 11) is -1.48. The van der Waals surface area contributed by atoms with Crippen LogP contribution in [0.4, 0.5) is 13.2 Å². The van der Waals surface area contributed by atoms with Crippen LogP contribution in [-0.2, 0) is 10.0 Å². The second-order valence-corrected chi connectivity index (χ2v) is 9.28. The third-order valence-corrected chi connectivity index (χ3v) is 6.66. The summed E-state index contributed by atoms with van der Waals surface area (Å²) >= 11 is 0. The molecule has 1 aliphatic heterocycles. The minimum atomic E-state index is -4.09. The molecule has 0 radical (unpaired) electrons. The zero-order valence-electron chi connectivity index (χ0n) is 15.8. The molecule has 0 amide bonds. The fourth-order valence-electron chi connectivity index (χ4n) is 3.64. The fourth-order valence-corrected chi connectivity index (χ4v) is 4.51. The van der Waals surface area contributed by atoms with Gasteiger partial charge in [0.1, 0.15) is 0 Å². The van der Waals surface area contributed by atoms with E-state index < -0.39 is 22.1 Å². The molecule has 1 aliphatic carbocycles. The number of piperidine rings is 1. The van der Waals surface area contributed by atoms with Crippen molar-refractivity contribution < 1.29 is 21.6 Å². The molecule has 160 valence electrons. The summed E-state index contributed by atoms with van der Waals surface area (Å²) in [6.45, 7) is 1.73. The summed E-state index contributed by atoms with van der Waals surface area (Å²) in [6, 6.07) is 0.00637. The Balaban J connectivity index is 0.00000364. The van der Waals surface area contributed by atoms with Gasteiger partial charge in [-0.15, -0.1) is 24.0 Å². The number of hydrogen-bond acceptors (Lipinski definition) is 3. The lowest BCUT2D eigenvalue weighted by molar-refractivity contribution is -0.182. The van der Waals surface area contributed by atoms with Crippen molar-refractivity contribution in [1.82, 2.24) is 14.9 Å². The largest absolute Gasteiger partial charge is 0.391 e. The number of sulfonamides is 1. The van der Waals surface area contributed by atoms with Crippen LogP contribution in [0.25, 0.3) is 0 Å². The Bertz CT molecular complexity index is 585. The van der Waals surface area contributed by atoms with E-state index in [1.165, 1.54) is 10.6 Å². The second-order valence-electron chi connectivity index (χ2n) is 7.29. The van der Waals surface area contributed by atoms with Crippen molar-refractivity contribution >= 4 is 40.0 Å². The van der Waals surface area contributed by atoms with Gasteiger partial charge < -0.3 is 10.6 Å². The highest BCUT2D eigenvalue weighted by Gasteiger charge is 2.41. The predicted octanol–water partition coefficient (Wildman–Crippen LogP) is 2.56. The maximum atomic E-state index is 12.7. The van der Waals surface area contributed by atoms with Crippen LogP contribution < -0.4 is 10.6 Å². The summed E-state index contributed by atoms with van der Waals surface area (Å²) in [6.07, 6.45) is -0.0163. The van der Waals surface area contributed by atoms with Crippen molar-refractivity contribution in [3.63, 3.8) is 0 Å². The molecule has 0 bridgehead atoms. The Labute approximate surface area is 176 Å². The molecule has 2 N–H and O–H groups in total. The Hall–Kier alpha value is -0.300. The number of rotatable bonds is 4. The summed E-state index contributed by atoms with van der Waals surface area (Å²) in [4.78, 5) is 4.15. The molecule has 6 nitrogen and oxygen atoms in total. The Morgan fingerprint density at radius 1 is 1.11 bits per heavy atom. The average molecular weight is 526 g/mol. The van der Waals surface area contributed by atoms with Crippen LogP contribution >= 0.6 is 24.0 Å². The van der Waals surface area contributed by atoms with Gasteiger partial charge in [-0.3, -0.25) is 4.99 Å². The molecule has 1 saturated heterocycles. The Morgan fingerprint density at radius 2 is 1.67 bits per heavy atom. The maximum absolute atomic E-state index is 12.7. The van der Waals surface area contributed by atoms with Crippen LogP contribution in [0.1, 0.15) is 38.5 Å². The van der Waals surface area contributed by atoms with Crippen LogP contribution in [0.5, 0.6) is 0 Å². The number of alkyl halides is 3. The van der Waals surface area contributed by atoms with E-state index in [9.17, 15) is 21.6 Å². The number of halogens is 4. The third kappa shape index (κ3) is 7.92. The van der Waals surface area contributed by atoms with E-state index in [2.05, 4.69) is 15.6 Å². The molecular formula is C16H30F3IN4O2S. The quantitative estimate of drug-likeness (QED) is 0.336. The van der Waals surface area contributed by atoms with Gasteiger partial charge in [0.05, 0.1) is 12.2 Å². The first-order chi connectivity index (χ1) is 12.1. The van der Waals surface area contributed by atoms with Crippen LogP contribution in [0, 0.1) is 11.8 Å². The molecule has 0 spiro atoms. The van der Waals surface area contributed by atoms with Crippen molar-refractivity contribution in [3.05, 3.63) is 0 Å². The van der Waals surface area contributed by atoms with Gasteiger partial charge in [-0.1, -0.05) is 0 Å². The lowest BCUT2D eigenvalue weighted by Gasteiger charge is -2.32. The molecule has 2 aliphatic rings. The van der Waals surface area contributed by atoms with E-state index in [1.807, 2.05) is 0 Å². The zero-order chi connectivity index (χ0) is 19.4. The van der Waals surface area contributed by atoms with E-state index in [0.29, 0.717) is 44.4 Å². The van der Waals surface area contributed by atoms with Crippen LogP contribution in [0.15, 0.2) is 4.99 Å². The second kappa shape index (κ2) is 10.5. The first-order valence-electron chi connectivity index (χ1n) is 9.08. The summed E-state index contributed by atoms with van der Waals surface area (Å²) < 4.78 is 62.7. The summed E-state index contributed by atoms with van der Waals surface area (Å²) in [5.74, 6) is -0.228. The Morgan fingerprint density at radius 3 is 2.11 bits per heavy atom. The third-order valence-electron chi connectivity index (χ3n) is 5.36. The molecule has 0 aromatic rings. The number of hydrogen-bond donors (Lipinski definition) is 2. The highest BCUT2D eigenvalue weighted by Crippen LogP contribution is 2.37. The van der Waals surface area contributed by atoms with Gasteiger partial charge >= 0.3 is 6.18 Å². The molecule has 0 unspecified atom stereocenters. The number of aliphatic imine (C=N–C) groups is 1. The standard InChI is InChI=1S/C16H29F3N4O2S.HI/c1-20-15(22-14-5-3-13(4-6-14)16(17,18)19)21-11-12-7-9-23(10-8-12)26(2,24)25;/h12-14H,3-11H2,1-2H3,(H2,20,21,22);1H. The van der Waals surface area contributed by atoms with E-state index in [4.69, 9.17) is 0 Å². The van der Waals surface area contributed by atoms with Crippen molar-refractivity contribution in [2.24, 2.45) is 16.8 Å². The molecule has 1 saturated carbocycles. The summed E-state index contributed by atoms with van der Waals surface area (Å²) in [5.41, 5.74) is 0. The topological polar surface area (TPSA) is 73.8 Å². The van der Waals surface area contributed by atoms with Crippen LogP contribution in [0.3, 0.4) is 0 Å². The normalized spacial score (nSPS) is 26.3. The van der Waals surface area contributed by atoms with E-state index in [-0.39, 0.29) is 42.9 Å². The molecule has 27 heavy (non-hydrogen) atoms. The van der Waals surface area contributed by atoms with Gasteiger partial charge in [0.25, 0.3) is 0 Å². The first-order valence-corrected chi connectivity index (χ1v) is 10.9. The lowest BCUT2D eigenvalue weighted by Crippen LogP contribution is -2.48. The summed E-state index contributed by atoms with van der Waals surface area (Å²) in [5, 5.41) is 6.45. The van der Waals surface area contributed by atoms with Crippen LogP contribution in [0.2, 0.25) is 0 Å². The molecule has 11 heteroatoms. The molecule has 0 atom stereocenters. The van der Waals surface area contributed by atoms with Gasteiger partial charge in [-0.2, -0.15) is 13.2 Å². The van der Waals surface area contributed by atoms with Crippen LogP contribution in [-0.4, -0.2) is 63.8 Å². The molecule has 2 fully saturated rings. The SMILES string of the molecule is CN=C(NCC1CCN(S(C)(=O)=O)CC1)NC1CCC(C(F)(F)F)CC1.I. The van der Waals surface area contributed by atoms with Crippen molar-refractivity contribution in [2.45, 2.75) is 50.7 Å². The number of nitrogens with one attached hydrogen (secondary N) is 2. The van der Waals surface area contributed by atoms with Gasteiger partial charge in [-0.05, 0) is 44.4 Å². The predicted molar refractivity (Wildman–Crippen MR) is 111 cm³/mol. The van der Waals surface area contributed by atoms with Crippen molar-refractivity contribution in [1.29, 1.82) is 0 Å². The van der Waals surface area contributed by atoms with Gasteiger partial charge in [0.15, 0.2) is 5.96 Å². The zero-order valence-corrected chi connectivity index (χ0v) is 18.9. The highest BCUT2D eigenvalue weighted by atomic mass is 127.